The first-order valence-electron chi connectivity index (χ1n) is 6.51. The van der Waals surface area contributed by atoms with Crippen LogP contribution in [0.2, 0.25) is 0 Å². The van der Waals surface area contributed by atoms with Crippen LogP contribution in [0, 0.1) is 3.57 Å². The van der Waals surface area contributed by atoms with Gasteiger partial charge in [0.2, 0.25) is 0 Å². The summed E-state index contributed by atoms with van der Waals surface area (Å²) < 4.78 is 3.54. The van der Waals surface area contributed by atoms with Gasteiger partial charge in [0, 0.05) is 16.8 Å². The Morgan fingerprint density at radius 3 is 2.73 bits per heavy atom. The summed E-state index contributed by atoms with van der Waals surface area (Å²) in [5, 5.41) is 13.9. The molecule has 0 spiro atoms. The van der Waals surface area contributed by atoms with E-state index in [-0.39, 0.29) is 5.39 Å². The number of rotatable bonds is 2. The van der Waals surface area contributed by atoms with Gasteiger partial charge in [-0.2, -0.15) is 5.10 Å². The Bertz CT molecular complexity index is 991. The lowest BCUT2D eigenvalue weighted by molar-refractivity contribution is 0.462. The third-order valence-electron chi connectivity index (χ3n) is 3.38. The first-order chi connectivity index (χ1) is 10.5. The van der Waals surface area contributed by atoms with Crippen LogP contribution in [0.25, 0.3) is 10.9 Å². The van der Waals surface area contributed by atoms with Crippen molar-refractivity contribution in [2.45, 2.75) is 6.54 Å². The minimum Gasteiger partial charge on any atom is -0.502 e. The second-order valence-corrected chi connectivity index (χ2v) is 6.16. The molecule has 0 radical (unpaired) electrons. The first-order valence-corrected chi connectivity index (χ1v) is 7.59. The van der Waals surface area contributed by atoms with Gasteiger partial charge in [-0.05, 0) is 46.4 Å². The Morgan fingerprint density at radius 2 is 2.00 bits per heavy atom. The highest BCUT2D eigenvalue weighted by Gasteiger charge is 2.13. The number of pyridine rings is 1. The van der Waals surface area contributed by atoms with E-state index < -0.39 is 16.9 Å². The SMILES string of the molecule is Cn1nc2ccn(Cc3cccc(I)c3)c(=O)c2c(O)c1=O. The Balaban J connectivity index is 2.19. The molecule has 0 aliphatic carbocycles. The highest BCUT2D eigenvalue weighted by atomic mass is 127. The molecule has 0 atom stereocenters. The summed E-state index contributed by atoms with van der Waals surface area (Å²) in [5.41, 5.74) is 0.142. The topological polar surface area (TPSA) is 77.1 Å². The molecule has 2 aromatic heterocycles. The third-order valence-corrected chi connectivity index (χ3v) is 4.05. The van der Waals surface area contributed by atoms with Crippen molar-refractivity contribution >= 4 is 33.5 Å². The fourth-order valence-electron chi connectivity index (χ4n) is 2.29. The van der Waals surface area contributed by atoms with E-state index in [1.807, 2.05) is 24.3 Å². The molecule has 3 rings (SSSR count). The maximum atomic E-state index is 12.5. The van der Waals surface area contributed by atoms with E-state index in [0.717, 1.165) is 13.8 Å². The molecule has 0 amide bonds. The Kier molecular flexibility index (Phi) is 3.73. The predicted molar refractivity (Wildman–Crippen MR) is 91.2 cm³/mol. The molecular weight excluding hydrogens is 397 g/mol. The predicted octanol–water partition coefficient (Wildman–Crippen LogP) is 1.45. The van der Waals surface area contributed by atoms with Gasteiger partial charge in [0.25, 0.3) is 5.56 Å². The van der Waals surface area contributed by atoms with E-state index in [9.17, 15) is 14.7 Å². The molecule has 0 saturated heterocycles. The average molecular weight is 409 g/mol. The van der Waals surface area contributed by atoms with Gasteiger partial charge in [0.05, 0.1) is 6.54 Å². The number of fused-ring (bicyclic) bond motifs is 1. The van der Waals surface area contributed by atoms with Crippen LogP contribution in [0.15, 0.2) is 46.1 Å². The first kappa shape index (κ1) is 14.8. The molecule has 7 heteroatoms. The summed E-state index contributed by atoms with van der Waals surface area (Å²) in [4.78, 5) is 24.3. The zero-order valence-corrected chi connectivity index (χ0v) is 13.8. The molecule has 2 heterocycles. The van der Waals surface area contributed by atoms with Gasteiger partial charge < -0.3 is 9.67 Å². The molecule has 0 aliphatic heterocycles. The van der Waals surface area contributed by atoms with Crippen molar-refractivity contribution in [3.63, 3.8) is 0 Å². The van der Waals surface area contributed by atoms with Crippen molar-refractivity contribution in [3.05, 3.63) is 66.4 Å². The molecular formula is C15H12IN3O3. The van der Waals surface area contributed by atoms with Crippen LogP contribution < -0.4 is 11.1 Å². The molecule has 0 saturated carbocycles. The minimum atomic E-state index is -0.684. The number of nitrogens with zero attached hydrogens (tertiary/aromatic N) is 3. The zero-order valence-electron chi connectivity index (χ0n) is 11.7. The lowest BCUT2D eigenvalue weighted by atomic mass is 10.2. The van der Waals surface area contributed by atoms with Gasteiger partial charge in [-0.3, -0.25) is 9.59 Å². The van der Waals surface area contributed by atoms with Crippen LogP contribution in [0.4, 0.5) is 0 Å². The summed E-state index contributed by atoms with van der Waals surface area (Å²) in [6.45, 7) is 0.361. The summed E-state index contributed by atoms with van der Waals surface area (Å²) in [6, 6.07) is 9.38. The van der Waals surface area contributed by atoms with E-state index >= 15 is 0 Å². The van der Waals surface area contributed by atoms with Gasteiger partial charge in [-0.15, -0.1) is 0 Å². The quantitative estimate of drug-likeness (QED) is 0.651. The molecule has 0 fully saturated rings. The fraction of sp³-hybridized carbons (Fsp3) is 0.133. The highest BCUT2D eigenvalue weighted by molar-refractivity contribution is 14.1. The monoisotopic (exact) mass is 409 g/mol. The van der Waals surface area contributed by atoms with E-state index in [1.54, 1.807) is 12.3 Å². The molecule has 112 valence electrons. The van der Waals surface area contributed by atoms with Crippen molar-refractivity contribution in [2.24, 2.45) is 7.05 Å². The molecule has 0 unspecified atom stereocenters. The highest BCUT2D eigenvalue weighted by Crippen LogP contribution is 2.14. The number of halogens is 1. The molecule has 1 aromatic carbocycles. The lowest BCUT2D eigenvalue weighted by Gasteiger charge is -2.09. The zero-order chi connectivity index (χ0) is 15.9. The maximum Gasteiger partial charge on any atom is 0.309 e. The van der Waals surface area contributed by atoms with E-state index in [1.165, 1.54) is 11.6 Å². The molecule has 22 heavy (non-hydrogen) atoms. The standard InChI is InChI=1S/C15H12IN3O3/c1-18-15(22)13(20)12-11(17-18)5-6-19(14(12)21)8-9-3-2-4-10(16)7-9/h2-7,20H,8H2,1H3. The Hall–Kier alpha value is -2.16. The number of aromatic hydroxyl groups is 1. The molecule has 0 aliphatic rings. The van der Waals surface area contributed by atoms with E-state index in [2.05, 4.69) is 27.7 Å². The van der Waals surface area contributed by atoms with Gasteiger partial charge in [0.1, 0.15) is 10.9 Å². The van der Waals surface area contributed by atoms with E-state index in [4.69, 9.17) is 0 Å². The number of benzene rings is 1. The van der Waals surface area contributed by atoms with Crippen LogP contribution in [-0.2, 0) is 13.6 Å². The fourth-order valence-corrected chi connectivity index (χ4v) is 2.90. The molecule has 0 bridgehead atoms. The van der Waals surface area contributed by atoms with Crippen molar-refractivity contribution in [1.82, 2.24) is 14.3 Å². The van der Waals surface area contributed by atoms with Crippen LogP contribution in [0.3, 0.4) is 0 Å². The van der Waals surface area contributed by atoms with Crippen LogP contribution in [-0.4, -0.2) is 19.5 Å². The van der Waals surface area contributed by atoms with Crippen molar-refractivity contribution in [3.8, 4) is 5.75 Å². The number of aromatic nitrogens is 3. The van der Waals surface area contributed by atoms with Crippen molar-refractivity contribution in [2.75, 3.05) is 0 Å². The van der Waals surface area contributed by atoms with Gasteiger partial charge >= 0.3 is 5.56 Å². The van der Waals surface area contributed by atoms with Crippen LogP contribution in [0.1, 0.15) is 5.56 Å². The smallest absolute Gasteiger partial charge is 0.309 e. The number of aryl methyl sites for hydroxylation is 1. The molecule has 3 aromatic rings. The summed E-state index contributed by atoms with van der Waals surface area (Å²) in [5.74, 6) is -0.561. The Morgan fingerprint density at radius 1 is 1.23 bits per heavy atom. The van der Waals surface area contributed by atoms with Gasteiger partial charge in [-0.25, -0.2) is 4.68 Å². The van der Waals surface area contributed by atoms with E-state index in [0.29, 0.717) is 12.1 Å². The summed E-state index contributed by atoms with van der Waals surface area (Å²) in [7, 11) is 1.43. The number of hydrogen-bond acceptors (Lipinski definition) is 4. The Labute approximate surface area is 138 Å². The van der Waals surface area contributed by atoms with Crippen LogP contribution >= 0.6 is 22.6 Å². The summed E-state index contributed by atoms with van der Waals surface area (Å²) in [6.07, 6.45) is 1.61. The molecule has 1 N–H and O–H groups in total. The maximum absolute atomic E-state index is 12.5. The second-order valence-electron chi connectivity index (χ2n) is 4.92. The van der Waals surface area contributed by atoms with Crippen LogP contribution in [0.5, 0.6) is 5.75 Å². The van der Waals surface area contributed by atoms with Gasteiger partial charge in [0.15, 0.2) is 5.75 Å². The third kappa shape index (κ3) is 2.52. The van der Waals surface area contributed by atoms with Gasteiger partial charge in [-0.1, -0.05) is 12.1 Å². The largest absolute Gasteiger partial charge is 0.502 e. The van der Waals surface area contributed by atoms with Crippen molar-refractivity contribution in [1.29, 1.82) is 0 Å². The number of hydrogen-bond donors (Lipinski definition) is 1. The summed E-state index contributed by atoms with van der Waals surface area (Å²) >= 11 is 2.20. The second kappa shape index (κ2) is 5.56. The normalized spacial score (nSPS) is 11.0. The lowest BCUT2D eigenvalue weighted by Crippen LogP contribution is -2.26. The molecule has 6 nitrogen and oxygen atoms in total. The minimum absolute atomic E-state index is 0.0452. The average Bonchev–Trinajstić information content (AvgIpc) is 2.48. The van der Waals surface area contributed by atoms with Crippen molar-refractivity contribution < 1.29 is 5.11 Å².